The Morgan fingerprint density at radius 1 is 1.40 bits per heavy atom. The second-order valence-electron chi connectivity index (χ2n) is 3.36. The van der Waals surface area contributed by atoms with Crippen LogP contribution in [0.25, 0.3) is 0 Å². The fraction of sp³-hybridized carbons (Fsp3) is 0.385. The van der Waals surface area contributed by atoms with Crippen LogP contribution in [0.5, 0.6) is 5.75 Å². The molecular formula is C13H18O2. The van der Waals surface area contributed by atoms with Crippen LogP contribution in [0.3, 0.4) is 0 Å². The van der Waals surface area contributed by atoms with Crippen LogP contribution in [0.1, 0.15) is 18.1 Å². The third kappa shape index (κ3) is 3.76. The SMILES string of the molecule is C=CCc1ccc(C)cc1OCOCC. The van der Waals surface area contributed by atoms with E-state index in [2.05, 4.69) is 18.7 Å². The molecule has 0 atom stereocenters. The lowest BCUT2D eigenvalue weighted by Gasteiger charge is -2.10. The second kappa shape index (κ2) is 6.25. The number of hydrogen-bond donors (Lipinski definition) is 0. The molecule has 0 saturated heterocycles. The van der Waals surface area contributed by atoms with Crippen molar-refractivity contribution in [2.45, 2.75) is 20.3 Å². The number of rotatable bonds is 6. The maximum Gasteiger partial charge on any atom is 0.189 e. The predicted molar refractivity (Wildman–Crippen MR) is 62.2 cm³/mol. The Morgan fingerprint density at radius 2 is 2.20 bits per heavy atom. The highest BCUT2D eigenvalue weighted by Crippen LogP contribution is 2.21. The van der Waals surface area contributed by atoms with Gasteiger partial charge in [-0.1, -0.05) is 18.2 Å². The van der Waals surface area contributed by atoms with E-state index in [0.717, 1.165) is 17.7 Å². The number of hydrogen-bond acceptors (Lipinski definition) is 2. The van der Waals surface area contributed by atoms with Gasteiger partial charge in [0.2, 0.25) is 0 Å². The summed E-state index contributed by atoms with van der Waals surface area (Å²) in [5.41, 5.74) is 2.34. The minimum absolute atomic E-state index is 0.310. The topological polar surface area (TPSA) is 18.5 Å². The van der Waals surface area contributed by atoms with Gasteiger partial charge in [0.1, 0.15) is 5.75 Å². The largest absolute Gasteiger partial charge is 0.467 e. The summed E-state index contributed by atoms with van der Waals surface area (Å²) in [5.74, 6) is 0.892. The van der Waals surface area contributed by atoms with E-state index in [1.54, 1.807) is 0 Å². The van der Waals surface area contributed by atoms with E-state index in [-0.39, 0.29) is 0 Å². The Morgan fingerprint density at radius 3 is 2.87 bits per heavy atom. The quantitative estimate of drug-likeness (QED) is 0.404. The van der Waals surface area contributed by atoms with Crippen LogP contribution >= 0.6 is 0 Å². The van der Waals surface area contributed by atoms with Gasteiger partial charge in [-0.05, 0) is 37.5 Å². The van der Waals surface area contributed by atoms with Crippen molar-refractivity contribution in [3.05, 3.63) is 42.0 Å². The second-order valence-corrected chi connectivity index (χ2v) is 3.36. The van der Waals surface area contributed by atoms with Crippen LogP contribution in [-0.4, -0.2) is 13.4 Å². The summed E-state index contributed by atoms with van der Waals surface area (Å²) in [4.78, 5) is 0. The molecule has 0 saturated carbocycles. The molecule has 82 valence electrons. The molecule has 1 rings (SSSR count). The van der Waals surface area contributed by atoms with Crippen LogP contribution < -0.4 is 4.74 Å². The maximum absolute atomic E-state index is 5.54. The van der Waals surface area contributed by atoms with Crippen molar-refractivity contribution in [3.63, 3.8) is 0 Å². The van der Waals surface area contributed by atoms with Gasteiger partial charge in [0.25, 0.3) is 0 Å². The molecule has 2 nitrogen and oxygen atoms in total. The highest BCUT2D eigenvalue weighted by Gasteiger charge is 2.02. The van der Waals surface area contributed by atoms with Gasteiger partial charge in [-0.25, -0.2) is 0 Å². The van der Waals surface area contributed by atoms with Crippen LogP contribution in [0, 0.1) is 6.92 Å². The van der Waals surface area contributed by atoms with E-state index in [1.165, 1.54) is 5.56 Å². The molecule has 0 aliphatic heterocycles. The molecule has 0 aliphatic carbocycles. The van der Waals surface area contributed by atoms with Crippen molar-refractivity contribution >= 4 is 0 Å². The molecule has 0 aliphatic rings. The average Bonchev–Trinajstić information content (AvgIpc) is 2.22. The summed E-state index contributed by atoms with van der Waals surface area (Å²) in [6.07, 6.45) is 2.69. The van der Waals surface area contributed by atoms with Crippen LogP contribution in [0.2, 0.25) is 0 Å². The highest BCUT2D eigenvalue weighted by atomic mass is 16.7. The first kappa shape index (κ1) is 11.8. The standard InChI is InChI=1S/C13H18O2/c1-4-6-12-8-7-11(3)9-13(12)15-10-14-5-2/h4,7-9H,1,5-6,10H2,2-3H3. The highest BCUT2D eigenvalue weighted by molar-refractivity contribution is 5.38. The summed E-state index contributed by atoms with van der Waals surface area (Å²) in [6, 6.07) is 6.17. The molecule has 0 aromatic heterocycles. The van der Waals surface area contributed by atoms with Gasteiger partial charge < -0.3 is 9.47 Å². The van der Waals surface area contributed by atoms with Gasteiger partial charge in [-0.3, -0.25) is 0 Å². The number of aryl methyl sites for hydroxylation is 1. The lowest BCUT2D eigenvalue weighted by atomic mass is 10.1. The van der Waals surface area contributed by atoms with Gasteiger partial charge in [0, 0.05) is 6.61 Å². The minimum Gasteiger partial charge on any atom is -0.467 e. The first-order valence-electron chi connectivity index (χ1n) is 5.19. The fourth-order valence-electron chi connectivity index (χ4n) is 1.31. The zero-order valence-electron chi connectivity index (χ0n) is 9.45. The molecule has 0 fully saturated rings. The smallest absolute Gasteiger partial charge is 0.189 e. The van der Waals surface area contributed by atoms with Crippen molar-refractivity contribution in [2.75, 3.05) is 13.4 Å². The molecule has 0 spiro atoms. The number of ether oxygens (including phenoxy) is 2. The molecule has 1 aromatic rings. The van der Waals surface area contributed by atoms with E-state index < -0.39 is 0 Å². The Kier molecular flexibility index (Phi) is 4.91. The average molecular weight is 206 g/mol. The summed E-state index contributed by atoms with van der Waals surface area (Å²) in [6.45, 7) is 8.70. The summed E-state index contributed by atoms with van der Waals surface area (Å²) >= 11 is 0. The molecule has 2 heteroatoms. The monoisotopic (exact) mass is 206 g/mol. The molecule has 1 aromatic carbocycles. The Labute approximate surface area is 91.5 Å². The molecule has 0 unspecified atom stereocenters. The fourth-order valence-corrected chi connectivity index (χ4v) is 1.31. The van der Waals surface area contributed by atoms with Gasteiger partial charge in [-0.15, -0.1) is 6.58 Å². The third-order valence-electron chi connectivity index (χ3n) is 2.09. The van der Waals surface area contributed by atoms with E-state index in [9.17, 15) is 0 Å². The van der Waals surface area contributed by atoms with E-state index in [1.807, 2.05) is 26.0 Å². The summed E-state index contributed by atoms with van der Waals surface area (Å²) < 4.78 is 10.7. The Hall–Kier alpha value is -1.28. The van der Waals surface area contributed by atoms with Crippen molar-refractivity contribution in [1.29, 1.82) is 0 Å². The summed E-state index contributed by atoms with van der Waals surface area (Å²) in [7, 11) is 0. The third-order valence-corrected chi connectivity index (χ3v) is 2.09. The van der Waals surface area contributed by atoms with Gasteiger partial charge >= 0.3 is 0 Å². The predicted octanol–water partition coefficient (Wildman–Crippen LogP) is 3.10. The first-order chi connectivity index (χ1) is 7.27. The van der Waals surface area contributed by atoms with Crippen molar-refractivity contribution in [1.82, 2.24) is 0 Å². The lowest BCUT2D eigenvalue weighted by molar-refractivity contribution is 0.0219. The van der Waals surface area contributed by atoms with E-state index >= 15 is 0 Å². The zero-order chi connectivity index (χ0) is 11.1. The molecule has 15 heavy (non-hydrogen) atoms. The molecule has 0 bridgehead atoms. The van der Waals surface area contributed by atoms with E-state index in [4.69, 9.17) is 9.47 Å². The summed E-state index contributed by atoms with van der Waals surface area (Å²) in [5, 5.41) is 0. The number of benzene rings is 1. The molecule has 0 heterocycles. The van der Waals surface area contributed by atoms with Gasteiger partial charge in [0.05, 0.1) is 0 Å². The molecule has 0 amide bonds. The molecule has 0 radical (unpaired) electrons. The lowest BCUT2D eigenvalue weighted by Crippen LogP contribution is -2.04. The van der Waals surface area contributed by atoms with E-state index in [0.29, 0.717) is 13.4 Å². The molecular weight excluding hydrogens is 188 g/mol. The van der Waals surface area contributed by atoms with Crippen LogP contribution in [0.4, 0.5) is 0 Å². The number of allylic oxidation sites excluding steroid dienone is 1. The van der Waals surface area contributed by atoms with Crippen molar-refractivity contribution < 1.29 is 9.47 Å². The van der Waals surface area contributed by atoms with Crippen LogP contribution in [0.15, 0.2) is 30.9 Å². The Bertz CT molecular complexity index is 318. The first-order valence-corrected chi connectivity index (χ1v) is 5.19. The van der Waals surface area contributed by atoms with Crippen LogP contribution in [-0.2, 0) is 11.2 Å². The normalized spacial score (nSPS) is 10.0. The maximum atomic E-state index is 5.54. The van der Waals surface area contributed by atoms with Crippen molar-refractivity contribution in [3.8, 4) is 5.75 Å². The minimum atomic E-state index is 0.310. The van der Waals surface area contributed by atoms with Gasteiger partial charge in [0.15, 0.2) is 6.79 Å². The van der Waals surface area contributed by atoms with Gasteiger partial charge in [-0.2, -0.15) is 0 Å². The zero-order valence-corrected chi connectivity index (χ0v) is 9.45. The Balaban J connectivity index is 2.72. The molecule has 0 N–H and O–H groups in total. The van der Waals surface area contributed by atoms with Crippen molar-refractivity contribution in [2.24, 2.45) is 0 Å².